The van der Waals surface area contributed by atoms with Gasteiger partial charge in [0.1, 0.15) is 0 Å². The summed E-state index contributed by atoms with van der Waals surface area (Å²) < 4.78 is 2.46. The molecule has 0 saturated heterocycles. The number of benzene rings is 2. The summed E-state index contributed by atoms with van der Waals surface area (Å²) in [5.41, 5.74) is 9.60. The minimum atomic E-state index is 0.786. The molecule has 0 saturated carbocycles. The zero-order valence-electron chi connectivity index (χ0n) is 14.3. The van der Waals surface area contributed by atoms with Crippen molar-refractivity contribution in [3.8, 4) is 16.9 Å². The minimum absolute atomic E-state index is 0.786. The fraction of sp³-hybridized carbons (Fsp3) is 0.273. The Balaban J connectivity index is 1.99. The van der Waals surface area contributed by atoms with Gasteiger partial charge in [-0.2, -0.15) is 0 Å². The van der Waals surface area contributed by atoms with Gasteiger partial charge < -0.3 is 4.57 Å². The van der Waals surface area contributed by atoms with E-state index in [1.807, 2.05) is 12.1 Å². The van der Waals surface area contributed by atoms with Gasteiger partial charge in [-0.15, -0.1) is 0 Å². The van der Waals surface area contributed by atoms with Crippen LogP contribution in [0.4, 0.5) is 0 Å². The van der Waals surface area contributed by atoms with Crippen LogP contribution < -0.4 is 0 Å². The van der Waals surface area contributed by atoms with Gasteiger partial charge in [0.25, 0.3) is 0 Å². The lowest BCUT2D eigenvalue weighted by molar-refractivity contribution is 0.662. The van der Waals surface area contributed by atoms with Gasteiger partial charge in [-0.1, -0.05) is 41.4 Å². The van der Waals surface area contributed by atoms with Crippen molar-refractivity contribution in [3.63, 3.8) is 0 Å². The van der Waals surface area contributed by atoms with Crippen LogP contribution in [0.25, 0.3) is 16.9 Å². The molecule has 122 valence electrons. The van der Waals surface area contributed by atoms with Gasteiger partial charge in [-0.3, -0.25) is 0 Å². The second kappa shape index (κ2) is 6.14. The highest BCUT2D eigenvalue weighted by atomic mass is 35.5. The first-order valence-corrected chi connectivity index (χ1v) is 9.09. The first-order chi connectivity index (χ1) is 11.6. The molecular formula is C22H22ClN. The molecule has 0 aliphatic heterocycles. The number of nitrogens with zero attached hydrogens (tertiary/aromatic N) is 1. The Hall–Kier alpha value is -1.99. The standard InChI is InChI=1S/C22H22ClN/c1-15-7-9-17(10-8-15)22-16(2)20-5-3-4-6-21(20)24(22)19-13-11-18(23)12-14-19/h7-14H,3-6H2,1-2H3. The molecule has 1 heterocycles. The maximum atomic E-state index is 6.11. The average molecular weight is 336 g/mol. The summed E-state index contributed by atoms with van der Waals surface area (Å²) in [6, 6.07) is 17.1. The Morgan fingerprint density at radius 1 is 0.833 bits per heavy atom. The summed E-state index contributed by atoms with van der Waals surface area (Å²) in [7, 11) is 0. The predicted molar refractivity (Wildman–Crippen MR) is 102 cm³/mol. The minimum Gasteiger partial charge on any atom is -0.313 e. The lowest BCUT2D eigenvalue weighted by Gasteiger charge is -2.17. The van der Waals surface area contributed by atoms with Crippen molar-refractivity contribution in [1.29, 1.82) is 0 Å². The topological polar surface area (TPSA) is 4.93 Å². The third-order valence-corrected chi connectivity index (χ3v) is 5.40. The van der Waals surface area contributed by atoms with E-state index >= 15 is 0 Å². The quantitative estimate of drug-likeness (QED) is 0.518. The Kier molecular flexibility index (Phi) is 3.97. The Bertz CT molecular complexity index is 870. The molecule has 0 unspecified atom stereocenters. The lowest BCUT2D eigenvalue weighted by atomic mass is 9.94. The van der Waals surface area contributed by atoms with Crippen molar-refractivity contribution in [2.45, 2.75) is 39.5 Å². The van der Waals surface area contributed by atoms with Crippen LogP contribution in [-0.2, 0) is 12.8 Å². The Labute approximate surface area is 148 Å². The molecule has 1 nitrogen and oxygen atoms in total. The number of hydrogen-bond donors (Lipinski definition) is 0. The van der Waals surface area contributed by atoms with Gasteiger partial charge in [-0.05, 0) is 80.5 Å². The highest BCUT2D eigenvalue weighted by molar-refractivity contribution is 6.30. The van der Waals surface area contributed by atoms with Crippen LogP contribution in [-0.4, -0.2) is 4.57 Å². The van der Waals surface area contributed by atoms with Gasteiger partial charge in [0.15, 0.2) is 0 Å². The number of fused-ring (bicyclic) bond motifs is 1. The molecule has 1 aromatic heterocycles. The number of aromatic nitrogens is 1. The maximum Gasteiger partial charge on any atom is 0.0563 e. The Morgan fingerprint density at radius 2 is 1.50 bits per heavy atom. The maximum absolute atomic E-state index is 6.11. The zero-order valence-corrected chi connectivity index (χ0v) is 15.0. The van der Waals surface area contributed by atoms with Crippen molar-refractivity contribution in [2.75, 3.05) is 0 Å². The SMILES string of the molecule is Cc1ccc(-c2c(C)c3c(n2-c2ccc(Cl)cc2)CCCC3)cc1. The van der Waals surface area contributed by atoms with Crippen molar-refractivity contribution in [1.82, 2.24) is 4.57 Å². The molecule has 1 aliphatic rings. The van der Waals surface area contributed by atoms with E-state index in [9.17, 15) is 0 Å². The van der Waals surface area contributed by atoms with E-state index in [1.165, 1.54) is 53.0 Å². The van der Waals surface area contributed by atoms with Crippen molar-refractivity contribution in [3.05, 3.63) is 75.9 Å². The first-order valence-electron chi connectivity index (χ1n) is 8.71. The number of halogens is 1. The largest absolute Gasteiger partial charge is 0.313 e. The molecule has 0 N–H and O–H groups in total. The van der Waals surface area contributed by atoms with Gasteiger partial charge in [-0.25, -0.2) is 0 Å². The van der Waals surface area contributed by atoms with E-state index in [0.29, 0.717) is 0 Å². The fourth-order valence-electron chi connectivity index (χ4n) is 3.92. The summed E-state index contributed by atoms with van der Waals surface area (Å²) in [6.45, 7) is 4.42. The molecule has 2 heteroatoms. The summed E-state index contributed by atoms with van der Waals surface area (Å²) in [6.07, 6.45) is 4.93. The molecule has 0 spiro atoms. The van der Waals surface area contributed by atoms with Crippen molar-refractivity contribution < 1.29 is 0 Å². The van der Waals surface area contributed by atoms with Crippen LogP contribution in [0, 0.1) is 13.8 Å². The summed E-state index contributed by atoms with van der Waals surface area (Å²) >= 11 is 6.11. The summed E-state index contributed by atoms with van der Waals surface area (Å²) in [4.78, 5) is 0. The third-order valence-electron chi connectivity index (χ3n) is 5.15. The molecule has 24 heavy (non-hydrogen) atoms. The van der Waals surface area contributed by atoms with Crippen LogP contribution in [0.5, 0.6) is 0 Å². The van der Waals surface area contributed by atoms with E-state index in [1.54, 1.807) is 5.56 Å². The van der Waals surface area contributed by atoms with Crippen LogP contribution in [0.15, 0.2) is 48.5 Å². The van der Waals surface area contributed by atoms with E-state index in [2.05, 4.69) is 54.8 Å². The summed E-state index contributed by atoms with van der Waals surface area (Å²) in [5.74, 6) is 0. The molecule has 0 bridgehead atoms. The molecule has 2 aromatic carbocycles. The lowest BCUT2D eigenvalue weighted by Crippen LogP contribution is -2.07. The first kappa shape index (κ1) is 15.5. The van der Waals surface area contributed by atoms with E-state index < -0.39 is 0 Å². The average Bonchev–Trinajstić information content (AvgIpc) is 2.90. The molecular weight excluding hydrogens is 314 g/mol. The monoisotopic (exact) mass is 335 g/mol. The molecule has 0 radical (unpaired) electrons. The smallest absolute Gasteiger partial charge is 0.0563 e. The van der Waals surface area contributed by atoms with Gasteiger partial charge in [0.05, 0.1) is 5.69 Å². The van der Waals surface area contributed by atoms with Crippen molar-refractivity contribution in [2.24, 2.45) is 0 Å². The van der Waals surface area contributed by atoms with Crippen LogP contribution in [0.2, 0.25) is 5.02 Å². The van der Waals surface area contributed by atoms with E-state index in [0.717, 1.165) is 11.4 Å². The molecule has 3 aromatic rings. The number of hydrogen-bond acceptors (Lipinski definition) is 0. The second-order valence-electron chi connectivity index (χ2n) is 6.78. The molecule has 0 fully saturated rings. The number of rotatable bonds is 2. The van der Waals surface area contributed by atoms with E-state index in [-0.39, 0.29) is 0 Å². The molecule has 0 atom stereocenters. The van der Waals surface area contributed by atoms with Crippen molar-refractivity contribution >= 4 is 11.6 Å². The fourth-order valence-corrected chi connectivity index (χ4v) is 4.04. The molecule has 1 aliphatic carbocycles. The van der Waals surface area contributed by atoms with Gasteiger partial charge in [0, 0.05) is 16.4 Å². The highest BCUT2D eigenvalue weighted by Crippen LogP contribution is 2.38. The zero-order chi connectivity index (χ0) is 16.7. The van der Waals surface area contributed by atoms with Gasteiger partial charge in [0.2, 0.25) is 0 Å². The normalized spacial score (nSPS) is 13.8. The molecule has 0 amide bonds. The Morgan fingerprint density at radius 3 is 2.21 bits per heavy atom. The number of aryl methyl sites for hydroxylation is 1. The highest BCUT2D eigenvalue weighted by Gasteiger charge is 2.23. The third kappa shape index (κ3) is 2.57. The van der Waals surface area contributed by atoms with Crippen LogP contribution in [0.1, 0.15) is 35.2 Å². The summed E-state index contributed by atoms with van der Waals surface area (Å²) in [5, 5.41) is 0.786. The van der Waals surface area contributed by atoms with Crippen LogP contribution >= 0.6 is 11.6 Å². The second-order valence-corrected chi connectivity index (χ2v) is 7.22. The van der Waals surface area contributed by atoms with E-state index in [4.69, 9.17) is 11.6 Å². The van der Waals surface area contributed by atoms with Crippen LogP contribution in [0.3, 0.4) is 0 Å². The van der Waals surface area contributed by atoms with Gasteiger partial charge >= 0.3 is 0 Å². The molecule has 4 rings (SSSR count). The predicted octanol–water partition coefficient (Wildman–Crippen LogP) is 6.29.